The van der Waals surface area contributed by atoms with Gasteiger partial charge in [-0.2, -0.15) is 0 Å². The molecule has 0 unspecified atom stereocenters. The summed E-state index contributed by atoms with van der Waals surface area (Å²) in [6.45, 7) is 2.04. The molecule has 1 heterocycles. The summed E-state index contributed by atoms with van der Waals surface area (Å²) in [4.78, 5) is 13.7. The number of nitrogens with zero attached hydrogens (tertiary/aromatic N) is 1. The van der Waals surface area contributed by atoms with Gasteiger partial charge in [0.15, 0.2) is 0 Å². The maximum Gasteiger partial charge on any atom is 0.256 e. The fourth-order valence-electron chi connectivity index (χ4n) is 1.76. The lowest BCUT2D eigenvalue weighted by atomic mass is 10.0. The molecule has 1 amide bonds. The second-order valence-corrected chi connectivity index (χ2v) is 5.37. The second kappa shape index (κ2) is 4.82. The lowest BCUT2D eigenvalue weighted by Crippen LogP contribution is -2.22. The lowest BCUT2D eigenvalue weighted by Gasteiger charge is -2.12. The van der Waals surface area contributed by atoms with Gasteiger partial charge < -0.3 is 10.6 Å². The molecule has 3 nitrogen and oxygen atoms in total. The van der Waals surface area contributed by atoms with Gasteiger partial charge in [-0.15, -0.1) is 11.3 Å². The molecule has 0 radical (unpaired) electrons. The molecule has 1 aromatic heterocycles. The Kier molecular flexibility index (Phi) is 3.39. The highest BCUT2D eigenvalue weighted by Crippen LogP contribution is 2.34. The summed E-state index contributed by atoms with van der Waals surface area (Å²) in [7, 11) is 3.47. The van der Waals surface area contributed by atoms with Crippen molar-refractivity contribution in [2.45, 2.75) is 6.92 Å². The fourth-order valence-corrected chi connectivity index (χ4v) is 2.58. The predicted molar refractivity (Wildman–Crippen MR) is 76.9 cm³/mol. The number of nitrogen functional groups attached to an aromatic ring is 1. The molecule has 4 heteroatoms. The summed E-state index contributed by atoms with van der Waals surface area (Å²) in [6.07, 6.45) is 0. The second-order valence-electron chi connectivity index (χ2n) is 4.45. The van der Waals surface area contributed by atoms with Crippen LogP contribution in [-0.4, -0.2) is 24.9 Å². The Hall–Kier alpha value is -1.81. The SMILES string of the molecule is Cc1ccc(-c2csc(N)c2C(=O)N(C)C)cc1. The zero-order valence-corrected chi connectivity index (χ0v) is 11.5. The van der Waals surface area contributed by atoms with Gasteiger partial charge in [-0.05, 0) is 12.5 Å². The van der Waals surface area contributed by atoms with E-state index in [4.69, 9.17) is 5.73 Å². The fraction of sp³-hybridized carbons (Fsp3) is 0.214. The molecule has 2 rings (SSSR count). The van der Waals surface area contributed by atoms with Crippen molar-refractivity contribution >= 4 is 22.2 Å². The van der Waals surface area contributed by atoms with E-state index in [0.29, 0.717) is 10.6 Å². The summed E-state index contributed by atoms with van der Waals surface area (Å²) in [5.74, 6) is -0.0516. The third-order valence-electron chi connectivity index (χ3n) is 2.80. The lowest BCUT2D eigenvalue weighted by molar-refractivity contribution is 0.0830. The van der Waals surface area contributed by atoms with Crippen molar-refractivity contribution < 1.29 is 4.79 Å². The number of amides is 1. The van der Waals surface area contributed by atoms with Crippen LogP contribution in [0.3, 0.4) is 0 Å². The molecule has 18 heavy (non-hydrogen) atoms. The summed E-state index contributed by atoms with van der Waals surface area (Å²) in [6, 6.07) is 8.10. The number of carbonyl (C=O) groups excluding carboxylic acids is 1. The number of thiophene rings is 1. The average molecular weight is 260 g/mol. The van der Waals surface area contributed by atoms with E-state index >= 15 is 0 Å². The molecule has 2 N–H and O–H groups in total. The van der Waals surface area contributed by atoms with Gasteiger partial charge in [0, 0.05) is 25.0 Å². The quantitative estimate of drug-likeness (QED) is 0.902. The molecular formula is C14H16N2OS. The third kappa shape index (κ3) is 2.24. The molecule has 0 atom stereocenters. The summed E-state index contributed by atoms with van der Waals surface area (Å²) < 4.78 is 0. The molecule has 0 aliphatic rings. The molecule has 0 aliphatic carbocycles. The van der Waals surface area contributed by atoms with E-state index in [9.17, 15) is 4.79 Å². The Labute approximate surface area is 111 Å². The molecule has 1 aromatic carbocycles. The highest BCUT2D eigenvalue weighted by Gasteiger charge is 2.19. The van der Waals surface area contributed by atoms with E-state index in [2.05, 4.69) is 0 Å². The van der Waals surface area contributed by atoms with Crippen LogP contribution in [0.1, 0.15) is 15.9 Å². The van der Waals surface area contributed by atoms with Crippen LogP contribution >= 0.6 is 11.3 Å². The van der Waals surface area contributed by atoms with Crippen molar-refractivity contribution in [2.75, 3.05) is 19.8 Å². The Balaban J connectivity index is 2.52. The van der Waals surface area contributed by atoms with Crippen LogP contribution < -0.4 is 5.73 Å². The number of nitrogens with two attached hydrogens (primary N) is 1. The third-order valence-corrected chi connectivity index (χ3v) is 3.61. The van der Waals surface area contributed by atoms with Gasteiger partial charge in [-0.3, -0.25) is 4.79 Å². The average Bonchev–Trinajstić information content (AvgIpc) is 2.71. The van der Waals surface area contributed by atoms with E-state index in [1.807, 2.05) is 36.6 Å². The van der Waals surface area contributed by atoms with Gasteiger partial charge in [0.1, 0.15) is 0 Å². The monoisotopic (exact) mass is 260 g/mol. The number of anilines is 1. The number of aryl methyl sites for hydroxylation is 1. The minimum atomic E-state index is -0.0516. The van der Waals surface area contributed by atoms with Crippen LogP contribution in [-0.2, 0) is 0 Å². The summed E-state index contributed by atoms with van der Waals surface area (Å²) in [5, 5.41) is 2.51. The minimum absolute atomic E-state index is 0.0516. The highest BCUT2D eigenvalue weighted by atomic mass is 32.1. The maximum atomic E-state index is 12.1. The van der Waals surface area contributed by atoms with E-state index in [1.54, 1.807) is 19.0 Å². The van der Waals surface area contributed by atoms with Gasteiger partial charge in [-0.1, -0.05) is 29.8 Å². The van der Waals surface area contributed by atoms with Crippen molar-refractivity contribution in [2.24, 2.45) is 0 Å². The summed E-state index contributed by atoms with van der Waals surface area (Å²) in [5.41, 5.74) is 9.66. The molecule has 0 bridgehead atoms. The van der Waals surface area contributed by atoms with Gasteiger partial charge >= 0.3 is 0 Å². The zero-order chi connectivity index (χ0) is 13.3. The number of benzene rings is 1. The normalized spacial score (nSPS) is 10.4. The van der Waals surface area contributed by atoms with E-state index in [1.165, 1.54) is 16.9 Å². The number of carbonyl (C=O) groups is 1. The first-order valence-corrected chi connectivity index (χ1v) is 6.54. The van der Waals surface area contributed by atoms with Gasteiger partial charge in [0.25, 0.3) is 5.91 Å². The van der Waals surface area contributed by atoms with Crippen molar-refractivity contribution in [1.29, 1.82) is 0 Å². The van der Waals surface area contributed by atoms with Crippen molar-refractivity contribution in [3.8, 4) is 11.1 Å². The van der Waals surface area contributed by atoms with E-state index in [-0.39, 0.29) is 5.91 Å². The number of hydrogen-bond donors (Lipinski definition) is 1. The Morgan fingerprint density at radius 3 is 2.39 bits per heavy atom. The van der Waals surface area contributed by atoms with Crippen LogP contribution in [0.15, 0.2) is 29.6 Å². The number of rotatable bonds is 2. The molecule has 0 saturated carbocycles. The van der Waals surface area contributed by atoms with Crippen molar-refractivity contribution in [3.05, 3.63) is 40.8 Å². The Morgan fingerprint density at radius 1 is 1.22 bits per heavy atom. The van der Waals surface area contributed by atoms with Crippen LogP contribution in [0.4, 0.5) is 5.00 Å². The largest absolute Gasteiger partial charge is 0.390 e. The molecule has 0 saturated heterocycles. The van der Waals surface area contributed by atoms with Crippen molar-refractivity contribution in [1.82, 2.24) is 4.90 Å². The first kappa shape index (κ1) is 12.6. The maximum absolute atomic E-state index is 12.1. The first-order valence-electron chi connectivity index (χ1n) is 5.66. The summed E-state index contributed by atoms with van der Waals surface area (Å²) >= 11 is 1.41. The first-order chi connectivity index (χ1) is 8.50. The van der Waals surface area contributed by atoms with Crippen LogP contribution in [0.2, 0.25) is 0 Å². The Morgan fingerprint density at radius 2 is 1.83 bits per heavy atom. The topological polar surface area (TPSA) is 46.3 Å². The van der Waals surface area contributed by atoms with Gasteiger partial charge in [0.05, 0.1) is 10.6 Å². The molecule has 94 valence electrons. The van der Waals surface area contributed by atoms with E-state index in [0.717, 1.165) is 11.1 Å². The molecule has 2 aromatic rings. The van der Waals surface area contributed by atoms with Crippen LogP contribution in [0, 0.1) is 6.92 Å². The van der Waals surface area contributed by atoms with Gasteiger partial charge in [-0.25, -0.2) is 0 Å². The molecule has 0 aliphatic heterocycles. The van der Waals surface area contributed by atoms with Crippen LogP contribution in [0.5, 0.6) is 0 Å². The van der Waals surface area contributed by atoms with Crippen molar-refractivity contribution in [3.63, 3.8) is 0 Å². The van der Waals surface area contributed by atoms with Gasteiger partial charge in [0.2, 0.25) is 0 Å². The number of hydrogen-bond acceptors (Lipinski definition) is 3. The minimum Gasteiger partial charge on any atom is -0.390 e. The predicted octanol–water partition coefficient (Wildman–Crippen LogP) is 3.01. The molecule has 0 spiro atoms. The molecule has 0 fully saturated rings. The Bertz CT molecular complexity index is 570. The standard InChI is InChI=1S/C14H16N2OS/c1-9-4-6-10(7-5-9)11-8-18-13(15)12(11)14(17)16(2)3/h4-8H,15H2,1-3H3. The zero-order valence-electron chi connectivity index (χ0n) is 10.7. The van der Waals surface area contributed by atoms with Crippen LogP contribution in [0.25, 0.3) is 11.1 Å². The highest BCUT2D eigenvalue weighted by molar-refractivity contribution is 7.15. The molecular weight excluding hydrogens is 244 g/mol. The smallest absolute Gasteiger partial charge is 0.256 e. The van der Waals surface area contributed by atoms with E-state index < -0.39 is 0 Å².